The molecule has 0 aliphatic rings. The first-order valence-electron chi connectivity index (χ1n) is 1.26. The van der Waals surface area contributed by atoms with E-state index < -0.39 is 27.3 Å². The van der Waals surface area contributed by atoms with Crippen LogP contribution in [0.4, 0.5) is 4.79 Å². The summed E-state index contributed by atoms with van der Waals surface area (Å²) in [4.78, 5) is 8.56. The van der Waals surface area contributed by atoms with E-state index in [4.69, 9.17) is 24.5 Å². The van der Waals surface area contributed by atoms with Crippen molar-refractivity contribution in [3.8, 4) is 0 Å². The molecule has 2 N–H and O–H groups in total. The third-order valence-electron chi connectivity index (χ3n) is 0. The molecule has 0 aliphatic heterocycles. The molecule has 8 heteroatoms. The Bertz CT molecular complexity index is 91.2. The van der Waals surface area contributed by atoms with Crippen LogP contribution in [0.3, 0.4) is 0 Å². The van der Waals surface area contributed by atoms with Gasteiger partial charge in [-0.15, -0.1) is 0 Å². The number of rotatable bonds is 0. The first kappa shape index (κ1) is 16.1. The van der Waals surface area contributed by atoms with Crippen molar-refractivity contribution in [1.29, 1.82) is 0 Å². The molecule has 0 saturated heterocycles. The molecule has 0 aromatic carbocycles. The molecule has 0 spiro atoms. The van der Waals surface area contributed by atoms with Gasteiger partial charge in [-0.1, -0.05) is 0 Å². The average molecular weight is 277 g/mol. The van der Waals surface area contributed by atoms with Crippen molar-refractivity contribution in [2.24, 2.45) is 0 Å². The van der Waals surface area contributed by atoms with Crippen LogP contribution < -0.4 is 0 Å². The molecule has 0 aliphatic carbocycles. The number of hydrogen-bond acceptors (Lipinski definition) is 4. The molecule has 0 bridgehead atoms. The fourth-order valence-corrected chi connectivity index (χ4v) is 0. The van der Waals surface area contributed by atoms with Crippen molar-refractivity contribution in [3.63, 3.8) is 0 Å². The van der Waals surface area contributed by atoms with Crippen LogP contribution in [0.5, 0.6) is 0 Å². The molecular weight excluding hydrogens is 275 g/mol. The fraction of sp³-hybridized carbons (Fsp3) is 0. The van der Waals surface area contributed by atoms with Crippen LogP contribution in [0, 0.1) is 0 Å². The summed E-state index contributed by atoms with van der Waals surface area (Å²) in [6, 6.07) is 0. The minimum absolute atomic E-state index is 0.750. The molecule has 0 aromatic rings. The molecule has 6 nitrogen and oxygen atoms in total. The third-order valence-corrected chi connectivity index (χ3v) is 0. The first-order chi connectivity index (χ1) is 4.15. The summed E-state index contributed by atoms with van der Waals surface area (Å²) in [6.45, 7) is 0. The van der Waals surface area contributed by atoms with Gasteiger partial charge in [0.1, 0.15) is 0 Å². The predicted molar refractivity (Wildman–Crippen MR) is 18.5 cm³/mol. The van der Waals surface area contributed by atoms with Gasteiger partial charge in [0.2, 0.25) is 0 Å². The van der Waals surface area contributed by atoms with Crippen molar-refractivity contribution >= 4 is 27.3 Å². The minimum atomic E-state index is -2.27. The number of carbonyl (C=O) groups is 1. The van der Waals surface area contributed by atoms with Crippen LogP contribution in [-0.2, 0) is 29.9 Å². The van der Waals surface area contributed by atoms with Crippen LogP contribution in [0.25, 0.3) is 0 Å². The summed E-state index contributed by atoms with van der Waals surface area (Å²) < 4.78 is 25.3. The van der Waals surface area contributed by atoms with Gasteiger partial charge < -0.3 is 10.2 Å². The third kappa shape index (κ3) is 9340. The molecule has 0 rings (SSSR count). The van der Waals surface area contributed by atoms with E-state index >= 15 is 0 Å². The van der Waals surface area contributed by atoms with E-state index in [2.05, 4.69) is 0 Å². The Hall–Kier alpha value is 0.183. The van der Waals surface area contributed by atoms with Crippen LogP contribution in [0.1, 0.15) is 0 Å². The topological polar surface area (TPSA) is 109 Å². The van der Waals surface area contributed by atoms with Crippen molar-refractivity contribution in [2.75, 3.05) is 0 Å². The molecule has 9 heavy (non-hydrogen) atoms. The van der Waals surface area contributed by atoms with Gasteiger partial charge >= 0.3 is 57.2 Å². The summed E-state index contributed by atoms with van der Waals surface area (Å²) in [7, 11) is 0. The maximum atomic E-state index is 8.56. The molecule has 0 unspecified atom stereocenters. The van der Waals surface area contributed by atoms with Gasteiger partial charge in [-0.25, -0.2) is 4.79 Å². The van der Waals surface area contributed by atoms with E-state index in [1.54, 1.807) is 0 Å². The molecule has 0 fully saturated rings. The Kier molecular flexibility index (Phi) is 43.1. The number of carboxylic acid groups (broad SMARTS) is 2. The van der Waals surface area contributed by atoms with Gasteiger partial charge in [-0.3, -0.25) is 0 Å². The zero-order valence-electron chi connectivity index (χ0n) is 4.03. The Balaban J connectivity index is -0.0000000646. The second-order valence-corrected chi connectivity index (χ2v) is 0.842. The second kappa shape index (κ2) is 24.1. The van der Waals surface area contributed by atoms with E-state index in [0.29, 0.717) is 0 Å². The average Bonchev–Trinajstić information content (AvgIpc) is 1.71. The first-order valence-corrected chi connectivity index (χ1v) is 4.23. The van der Waals surface area contributed by atoms with Gasteiger partial charge in [0.25, 0.3) is 0 Å². The maximum absolute atomic E-state index is 8.56. The number of hydrogen-bond donors (Lipinski definition) is 2. The summed E-state index contributed by atoms with van der Waals surface area (Å²) in [5.74, 6) is 0. The van der Waals surface area contributed by atoms with Crippen molar-refractivity contribution < 1.29 is 44.9 Å². The van der Waals surface area contributed by atoms with Gasteiger partial charge in [-0.2, -0.15) is 0 Å². The van der Waals surface area contributed by atoms with Crippen molar-refractivity contribution in [2.45, 2.75) is 0 Å². The Labute approximate surface area is 72.0 Å². The molecular formula is CH2O6SnTi. The van der Waals surface area contributed by atoms with E-state index in [9.17, 15) is 0 Å². The Morgan fingerprint density at radius 1 is 1.22 bits per heavy atom. The van der Waals surface area contributed by atoms with Crippen LogP contribution in [0.2, 0.25) is 0 Å². The normalized spacial score (nSPS) is 3.89. The van der Waals surface area contributed by atoms with Crippen LogP contribution in [0.15, 0.2) is 0 Å². The van der Waals surface area contributed by atoms with Crippen LogP contribution >= 0.6 is 0 Å². The van der Waals surface area contributed by atoms with E-state index in [1.807, 2.05) is 0 Å². The van der Waals surface area contributed by atoms with Gasteiger partial charge in [-0.05, 0) is 0 Å². The fourth-order valence-electron chi connectivity index (χ4n) is 0. The summed E-state index contributed by atoms with van der Waals surface area (Å²) in [6.07, 6.45) is -1.83. The zero-order chi connectivity index (χ0) is 8.28. The predicted octanol–water partition coefficient (Wildman–Crippen LogP) is -0.517. The zero-order valence-corrected chi connectivity index (χ0v) is 8.44. The molecule has 0 amide bonds. The summed E-state index contributed by atoms with van der Waals surface area (Å²) in [5, 5.41) is 13.9. The quantitative estimate of drug-likeness (QED) is 0.576. The van der Waals surface area contributed by atoms with E-state index in [-0.39, 0.29) is 0 Å². The van der Waals surface area contributed by atoms with Gasteiger partial charge in [0.05, 0.1) is 0 Å². The molecule has 0 aromatic heterocycles. The summed E-state index contributed by atoms with van der Waals surface area (Å²) in [5.41, 5.74) is 0. The Morgan fingerprint density at radius 2 is 1.22 bits per heavy atom. The Morgan fingerprint density at radius 3 is 1.22 bits per heavy atom. The molecule has 0 radical (unpaired) electrons. The molecule has 0 atom stereocenters. The molecule has 50 valence electrons. The second-order valence-electron chi connectivity index (χ2n) is 0.366. The van der Waals surface area contributed by atoms with Gasteiger partial charge in [0, 0.05) is 0 Å². The van der Waals surface area contributed by atoms with E-state index in [0.717, 1.165) is 20.4 Å². The standard InChI is InChI=1S/CH2O3.3O.Sn.Ti/c2-1(3)4;;;;;/h(H2,2,3,4);;;;;. The van der Waals surface area contributed by atoms with Gasteiger partial charge in [0.15, 0.2) is 0 Å². The monoisotopic (exact) mass is 278 g/mol. The molecule has 0 heterocycles. The summed E-state index contributed by atoms with van der Waals surface area (Å²) >= 11 is -1.52. The molecule has 0 saturated carbocycles. The van der Waals surface area contributed by atoms with Crippen molar-refractivity contribution in [1.82, 2.24) is 0 Å². The van der Waals surface area contributed by atoms with Crippen LogP contribution in [-0.4, -0.2) is 37.5 Å². The van der Waals surface area contributed by atoms with Crippen molar-refractivity contribution in [3.05, 3.63) is 0 Å². The van der Waals surface area contributed by atoms with E-state index in [1.165, 1.54) is 0 Å². The SMILES string of the molecule is O=C(O)O.[O]=[Sn]=[O].[O]=[Ti].